The van der Waals surface area contributed by atoms with Crippen LogP contribution in [0.2, 0.25) is 0 Å². The predicted octanol–water partition coefficient (Wildman–Crippen LogP) is 1.66. The molecule has 26 heavy (non-hydrogen) atoms. The summed E-state index contributed by atoms with van der Waals surface area (Å²) in [6.07, 6.45) is 3.10. The van der Waals surface area contributed by atoms with Gasteiger partial charge in [0.25, 0.3) is 0 Å². The summed E-state index contributed by atoms with van der Waals surface area (Å²) in [4.78, 5) is 0.128. The average molecular weight is 376 g/mol. The number of hydrogen-bond donors (Lipinski definition) is 1. The number of nitrogens with zero attached hydrogens (tertiary/aromatic N) is 3. The second kappa shape index (κ2) is 7.71. The first-order valence-corrected chi connectivity index (χ1v) is 9.54. The van der Waals surface area contributed by atoms with E-state index in [9.17, 15) is 8.42 Å². The number of fused-ring (bicyclic) bond motifs is 1. The largest absolute Gasteiger partial charge is 0.493 e. The maximum Gasteiger partial charge on any atom is 0.240 e. The van der Waals surface area contributed by atoms with Crippen LogP contribution in [0, 0.1) is 0 Å². The number of rotatable bonds is 8. The molecule has 0 fully saturated rings. The average Bonchev–Trinajstić information content (AvgIpc) is 3.08. The molecule has 8 nitrogen and oxygen atoms in total. The Kier molecular flexibility index (Phi) is 5.38. The van der Waals surface area contributed by atoms with E-state index >= 15 is 0 Å². The first-order chi connectivity index (χ1) is 12.5. The molecule has 0 bridgehead atoms. The first-order valence-electron chi connectivity index (χ1n) is 8.05. The monoisotopic (exact) mass is 376 g/mol. The van der Waals surface area contributed by atoms with Crippen LogP contribution in [0.1, 0.15) is 12.2 Å². The van der Waals surface area contributed by atoms with E-state index in [1.54, 1.807) is 6.07 Å². The minimum absolute atomic E-state index is 0.128. The third-order valence-corrected chi connectivity index (χ3v) is 5.38. The standard InChI is InChI=1S/C17H20N4O4S/c1-24-14-9-8-13(12-15(14)25-2)26(22,23)18-10-5-7-17-20-19-16-6-3-4-11-21(16)17/h3-4,6,8-9,11-12,18H,5,7,10H2,1-2H3. The summed E-state index contributed by atoms with van der Waals surface area (Å²) < 4.78 is 39.6. The molecule has 2 heterocycles. The van der Waals surface area contributed by atoms with Crippen molar-refractivity contribution in [3.8, 4) is 11.5 Å². The zero-order valence-electron chi connectivity index (χ0n) is 14.5. The van der Waals surface area contributed by atoms with Crippen LogP contribution in [0.25, 0.3) is 5.65 Å². The third-order valence-electron chi connectivity index (χ3n) is 3.92. The molecule has 1 N–H and O–H groups in total. The van der Waals surface area contributed by atoms with Gasteiger partial charge in [-0.3, -0.25) is 4.40 Å². The molecular weight excluding hydrogens is 356 g/mol. The van der Waals surface area contributed by atoms with Gasteiger partial charge in [0.2, 0.25) is 10.0 Å². The lowest BCUT2D eigenvalue weighted by atomic mass is 10.3. The van der Waals surface area contributed by atoms with Gasteiger partial charge in [0.15, 0.2) is 17.1 Å². The molecule has 0 spiro atoms. The van der Waals surface area contributed by atoms with Crippen molar-refractivity contribution in [3.63, 3.8) is 0 Å². The lowest BCUT2D eigenvalue weighted by molar-refractivity contribution is 0.354. The number of nitrogens with one attached hydrogen (secondary N) is 1. The molecule has 138 valence electrons. The lowest BCUT2D eigenvalue weighted by Gasteiger charge is -2.11. The molecule has 0 aliphatic carbocycles. The second-order valence-electron chi connectivity index (χ2n) is 5.56. The van der Waals surface area contributed by atoms with Gasteiger partial charge >= 0.3 is 0 Å². The zero-order chi connectivity index (χ0) is 18.6. The van der Waals surface area contributed by atoms with Crippen molar-refractivity contribution in [2.24, 2.45) is 0 Å². The number of sulfonamides is 1. The van der Waals surface area contributed by atoms with Gasteiger partial charge in [-0.25, -0.2) is 13.1 Å². The molecular formula is C17H20N4O4S. The molecule has 0 aliphatic rings. The minimum Gasteiger partial charge on any atom is -0.493 e. The SMILES string of the molecule is COc1ccc(S(=O)(=O)NCCCc2nnc3ccccn23)cc1OC. The molecule has 0 saturated carbocycles. The van der Waals surface area contributed by atoms with Crippen molar-refractivity contribution in [3.05, 3.63) is 48.4 Å². The van der Waals surface area contributed by atoms with Gasteiger partial charge in [-0.05, 0) is 30.7 Å². The van der Waals surface area contributed by atoms with Gasteiger partial charge < -0.3 is 9.47 Å². The fourth-order valence-electron chi connectivity index (χ4n) is 2.58. The highest BCUT2D eigenvalue weighted by Crippen LogP contribution is 2.29. The second-order valence-corrected chi connectivity index (χ2v) is 7.33. The number of ether oxygens (including phenoxy) is 2. The van der Waals surface area contributed by atoms with Crippen LogP contribution in [0.3, 0.4) is 0 Å². The summed E-state index contributed by atoms with van der Waals surface area (Å²) in [7, 11) is -0.668. The number of hydrogen-bond acceptors (Lipinski definition) is 6. The fourth-order valence-corrected chi connectivity index (χ4v) is 3.67. The van der Waals surface area contributed by atoms with Crippen molar-refractivity contribution in [2.45, 2.75) is 17.7 Å². The zero-order valence-corrected chi connectivity index (χ0v) is 15.4. The summed E-state index contributed by atoms with van der Waals surface area (Å²) in [6, 6.07) is 10.2. The summed E-state index contributed by atoms with van der Waals surface area (Å²) in [5.74, 6) is 1.64. The van der Waals surface area contributed by atoms with Crippen LogP contribution in [-0.2, 0) is 16.4 Å². The maximum atomic E-state index is 12.4. The predicted molar refractivity (Wildman–Crippen MR) is 96.0 cm³/mol. The van der Waals surface area contributed by atoms with E-state index in [0.717, 1.165) is 11.5 Å². The number of methoxy groups -OCH3 is 2. The molecule has 0 aliphatic heterocycles. The van der Waals surface area contributed by atoms with Gasteiger partial charge in [0.05, 0.1) is 19.1 Å². The van der Waals surface area contributed by atoms with Crippen molar-refractivity contribution in [1.29, 1.82) is 0 Å². The van der Waals surface area contributed by atoms with Crippen molar-refractivity contribution in [1.82, 2.24) is 19.3 Å². The van der Waals surface area contributed by atoms with E-state index in [2.05, 4.69) is 14.9 Å². The van der Waals surface area contributed by atoms with Crippen LogP contribution in [0.15, 0.2) is 47.5 Å². The van der Waals surface area contributed by atoms with Crippen molar-refractivity contribution >= 4 is 15.7 Å². The number of benzene rings is 1. The molecule has 3 aromatic rings. The van der Waals surface area contributed by atoms with Crippen LogP contribution >= 0.6 is 0 Å². The Morgan fingerprint density at radius 2 is 1.88 bits per heavy atom. The van der Waals surface area contributed by atoms with E-state index in [4.69, 9.17) is 9.47 Å². The van der Waals surface area contributed by atoms with Gasteiger partial charge in [0, 0.05) is 25.2 Å². The van der Waals surface area contributed by atoms with Gasteiger partial charge in [-0.15, -0.1) is 10.2 Å². The van der Waals surface area contributed by atoms with Crippen LogP contribution in [0.4, 0.5) is 0 Å². The highest BCUT2D eigenvalue weighted by atomic mass is 32.2. The Bertz CT molecular complexity index is 1000. The molecule has 2 aromatic heterocycles. The Hall–Kier alpha value is -2.65. The van der Waals surface area contributed by atoms with Gasteiger partial charge in [0.1, 0.15) is 5.82 Å². The normalized spacial score (nSPS) is 11.6. The minimum atomic E-state index is -3.63. The summed E-state index contributed by atoms with van der Waals surface area (Å²) >= 11 is 0. The van der Waals surface area contributed by atoms with E-state index < -0.39 is 10.0 Å². The van der Waals surface area contributed by atoms with Gasteiger partial charge in [-0.2, -0.15) is 0 Å². The Morgan fingerprint density at radius 3 is 2.65 bits per heavy atom. The van der Waals surface area contributed by atoms with E-state index in [1.807, 2.05) is 28.8 Å². The Balaban J connectivity index is 1.62. The fraction of sp³-hybridized carbons (Fsp3) is 0.294. The number of aromatic nitrogens is 3. The van der Waals surface area contributed by atoms with E-state index in [1.165, 1.54) is 26.4 Å². The molecule has 1 aromatic carbocycles. The maximum absolute atomic E-state index is 12.4. The highest BCUT2D eigenvalue weighted by molar-refractivity contribution is 7.89. The lowest BCUT2D eigenvalue weighted by Crippen LogP contribution is -2.25. The molecule has 0 saturated heterocycles. The molecule has 0 radical (unpaired) electrons. The van der Waals surface area contributed by atoms with Gasteiger partial charge in [-0.1, -0.05) is 6.07 Å². The summed E-state index contributed by atoms with van der Waals surface area (Å²) in [5.41, 5.74) is 0.772. The quantitative estimate of drug-likeness (QED) is 0.601. The van der Waals surface area contributed by atoms with E-state index in [-0.39, 0.29) is 4.90 Å². The van der Waals surface area contributed by atoms with Crippen LogP contribution < -0.4 is 14.2 Å². The number of aryl methyl sites for hydroxylation is 1. The molecule has 9 heteroatoms. The third kappa shape index (κ3) is 3.78. The molecule has 3 rings (SSSR count). The highest BCUT2D eigenvalue weighted by Gasteiger charge is 2.16. The summed E-state index contributed by atoms with van der Waals surface area (Å²) in [5, 5.41) is 8.21. The van der Waals surface area contributed by atoms with Crippen LogP contribution in [0.5, 0.6) is 11.5 Å². The molecule has 0 atom stereocenters. The number of pyridine rings is 1. The van der Waals surface area contributed by atoms with E-state index in [0.29, 0.717) is 30.9 Å². The van der Waals surface area contributed by atoms with Crippen LogP contribution in [-0.4, -0.2) is 43.8 Å². The smallest absolute Gasteiger partial charge is 0.240 e. The van der Waals surface area contributed by atoms with Crippen molar-refractivity contribution in [2.75, 3.05) is 20.8 Å². The Labute approximate surface area is 151 Å². The first kappa shape index (κ1) is 18.2. The topological polar surface area (TPSA) is 94.8 Å². The molecule has 0 amide bonds. The summed E-state index contributed by atoms with van der Waals surface area (Å²) in [6.45, 7) is 0.290. The molecule has 0 unspecified atom stereocenters. The Morgan fingerprint density at radius 1 is 1.08 bits per heavy atom. The van der Waals surface area contributed by atoms with Crippen molar-refractivity contribution < 1.29 is 17.9 Å².